The van der Waals surface area contributed by atoms with Crippen LogP contribution in [0.1, 0.15) is 35.1 Å². The molecule has 30 heavy (non-hydrogen) atoms. The highest BCUT2D eigenvalue weighted by molar-refractivity contribution is 7.98. The van der Waals surface area contributed by atoms with Gasteiger partial charge >= 0.3 is 12.4 Å². The normalized spacial score (nSPS) is 12.3. The first-order valence-corrected chi connectivity index (χ1v) is 11.4. The second kappa shape index (κ2) is 10.1. The van der Waals surface area contributed by atoms with Gasteiger partial charge in [0.1, 0.15) is 5.78 Å². The zero-order chi connectivity index (χ0) is 22.5. The highest BCUT2D eigenvalue weighted by Crippen LogP contribution is 2.36. The molecule has 2 aromatic carbocycles. The summed E-state index contributed by atoms with van der Waals surface area (Å²) in [4.78, 5) is 13.1. The van der Waals surface area contributed by atoms with Crippen LogP contribution < -0.4 is 0 Å². The van der Waals surface area contributed by atoms with Gasteiger partial charge in [0.2, 0.25) is 0 Å². The monoisotopic (exact) mass is 466 g/mol. The third-order valence-electron chi connectivity index (χ3n) is 4.59. The van der Waals surface area contributed by atoms with Crippen molar-refractivity contribution in [2.24, 2.45) is 0 Å². The Bertz CT molecular complexity index is 819. The molecule has 164 valence electrons. The predicted molar refractivity (Wildman–Crippen MR) is 108 cm³/mol. The summed E-state index contributed by atoms with van der Waals surface area (Å²) in [6, 6.07) is 7.92. The molecule has 0 amide bonds. The number of aryl methyl sites for hydroxylation is 2. The zero-order valence-electron chi connectivity index (χ0n) is 16.3. The number of ketones is 1. The van der Waals surface area contributed by atoms with Crippen molar-refractivity contribution in [1.29, 1.82) is 0 Å². The van der Waals surface area contributed by atoms with E-state index in [2.05, 4.69) is 0 Å². The largest absolute Gasteiger partial charge is 0.416 e. The quantitative estimate of drug-likeness (QED) is 0.300. The van der Waals surface area contributed by atoms with Crippen LogP contribution in [0.5, 0.6) is 0 Å². The van der Waals surface area contributed by atoms with Crippen LogP contribution in [0.15, 0.2) is 46.2 Å². The second-order valence-electron chi connectivity index (χ2n) is 6.58. The highest BCUT2D eigenvalue weighted by Gasteiger charge is 2.34. The van der Waals surface area contributed by atoms with Gasteiger partial charge in [0.05, 0.1) is 11.1 Å². The fraction of sp³-hybridized carbons (Fsp3) is 0.381. The van der Waals surface area contributed by atoms with Crippen molar-refractivity contribution in [3.8, 4) is 0 Å². The minimum atomic E-state index is -4.54. The first-order chi connectivity index (χ1) is 14.0. The summed E-state index contributed by atoms with van der Waals surface area (Å²) >= 11 is 2.37. The van der Waals surface area contributed by atoms with E-state index in [4.69, 9.17) is 0 Å². The van der Waals surface area contributed by atoms with E-state index in [1.54, 1.807) is 24.6 Å². The number of Topliss-reactive ketones (excluding diaryl/α,β-unsaturated/α-hetero) is 1. The number of hydrogen-bond donors (Lipinski definition) is 0. The van der Waals surface area contributed by atoms with Gasteiger partial charge in [0.15, 0.2) is 0 Å². The second-order valence-corrected chi connectivity index (χ2v) is 8.34. The van der Waals surface area contributed by atoms with Gasteiger partial charge in [-0.2, -0.15) is 26.3 Å². The number of halogens is 6. The summed E-state index contributed by atoms with van der Waals surface area (Å²) in [6.45, 7) is 0. The molecule has 0 heterocycles. The van der Waals surface area contributed by atoms with Crippen molar-refractivity contribution in [3.63, 3.8) is 0 Å². The molecule has 0 radical (unpaired) electrons. The van der Waals surface area contributed by atoms with E-state index in [9.17, 15) is 31.1 Å². The van der Waals surface area contributed by atoms with E-state index in [-0.39, 0.29) is 42.6 Å². The standard InChI is InChI=1S/C21H20F6OS2/c1-29-16-9-5-13(18(11-16)20(22,23)24)3-7-15(28)8-4-14-6-10-17(30-2)12-19(14)21(25,26)27/h5-6,9-12H,3-4,7-8H2,1-2H3. The van der Waals surface area contributed by atoms with Gasteiger partial charge in [0, 0.05) is 22.6 Å². The predicted octanol–water partition coefficient (Wildman–Crippen LogP) is 7.30. The molecule has 9 heteroatoms. The minimum absolute atomic E-state index is 0.00829. The SMILES string of the molecule is CSc1ccc(CCC(=O)CCc2ccc(SC)cc2C(F)(F)F)c(C(F)(F)F)c1. The van der Waals surface area contributed by atoms with Crippen LogP contribution in [-0.4, -0.2) is 18.3 Å². The van der Waals surface area contributed by atoms with E-state index >= 15 is 0 Å². The lowest BCUT2D eigenvalue weighted by Gasteiger charge is -2.15. The van der Waals surface area contributed by atoms with E-state index in [1.807, 2.05) is 0 Å². The van der Waals surface area contributed by atoms with E-state index in [0.717, 1.165) is 12.1 Å². The molecule has 0 aliphatic carbocycles. The maximum absolute atomic E-state index is 13.3. The van der Waals surface area contributed by atoms with Gasteiger partial charge in [-0.15, -0.1) is 23.5 Å². The van der Waals surface area contributed by atoms with Crippen LogP contribution in [0.3, 0.4) is 0 Å². The Balaban J connectivity index is 2.07. The number of alkyl halides is 6. The average molecular weight is 467 g/mol. The number of carbonyl (C=O) groups excluding carboxylic acids is 1. The Morgan fingerprint density at radius 2 is 1.10 bits per heavy atom. The van der Waals surface area contributed by atoms with Gasteiger partial charge in [-0.1, -0.05) is 12.1 Å². The van der Waals surface area contributed by atoms with Crippen molar-refractivity contribution in [2.75, 3.05) is 12.5 Å². The first kappa shape index (κ1) is 24.7. The van der Waals surface area contributed by atoms with Gasteiger partial charge in [-0.25, -0.2) is 0 Å². The van der Waals surface area contributed by atoms with Crippen LogP contribution in [0, 0.1) is 0 Å². The molecule has 0 saturated carbocycles. The number of rotatable bonds is 8. The molecule has 0 atom stereocenters. The summed E-state index contributed by atoms with van der Waals surface area (Å²) in [5, 5.41) is 0. The Labute approximate surface area is 179 Å². The molecule has 0 aliphatic rings. The molecule has 0 bridgehead atoms. The Kier molecular flexibility index (Phi) is 8.33. The van der Waals surface area contributed by atoms with E-state index < -0.39 is 23.5 Å². The lowest BCUT2D eigenvalue weighted by atomic mass is 9.97. The first-order valence-electron chi connectivity index (χ1n) is 8.95. The maximum Gasteiger partial charge on any atom is 0.416 e. The van der Waals surface area contributed by atoms with Crippen LogP contribution in [0.2, 0.25) is 0 Å². The molecular formula is C21H20F6OS2. The van der Waals surface area contributed by atoms with Crippen LogP contribution >= 0.6 is 23.5 Å². The summed E-state index contributed by atoms with van der Waals surface area (Å²) < 4.78 is 79.6. The van der Waals surface area contributed by atoms with Crippen molar-refractivity contribution in [3.05, 3.63) is 58.7 Å². The average Bonchev–Trinajstić information content (AvgIpc) is 2.69. The zero-order valence-corrected chi connectivity index (χ0v) is 17.9. The molecule has 0 aromatic heterocycles. The molecule has 1 nitrogen and oxygen atoms in total. The molecule has 0 saturated heterocycles. The lowest BCUT2D eigenvalue weighted by Crippen LogP contribution is -2.12. The number of thioether (sulfide) groups is 2. The molecule has 0 spiro atoms. The van der Waals surface area contributed by atoms with Crippen molar-refractivity contribution in [2.45, 2.75) is 47.8 Å². The van der Waals surface area contributed by atoms with Crippen molar-refractivity contribution in [1.82, 2.24) is 0 Å². The molecule has 2 aromatic rings. The third-order valence-corrected chi connectivity index (χ3v) is 6.04. The lowest BCUT2D eigenvalue weighted by molar-refractivity contribution is -0.139. The van der Waals surface area contributed by atoms with Gasteiger partial charge in [-0.05, 0) is 60.7 Å². The molecule has 2 rings (SSSR count). The molecule has 0 fully saturated rings. The van der Waals surface area contributed by atoms with Crippen LogP contribution in [0.25, 0.3) is 0 Å². The highest BCUT2D eigenvalue weighted by atomic mass is 32.2. The number of hydrogen-bond acceptors (Lipinski definition) is 3. The van der Waals surface area contributed by atoms with E-state index in [1.165, 1.54) is 35.7 Å². The minimum Gasteiger partial charge on any atom is -0.300 e. The Morgan fingerprint density at radius 1 is 0.733 bits per heavy atom. The van der Waals surface area contributed by atoms with Crippen molar-refractivity contribution < 1.29 is 31.1 Å². The molecular weight excluding hydrogens is 446 g/mol. The fourth-order valence-corrected chi connectivity index (χ4v) is 3.88. The van der Waals surface area contributed by atoms with E-state index in [0.29, 0.717) is 9.79 Å². The van der Waals surface area contributed by atoms with Gasteiger partial charge in [-0.3, -0.25) is 4.79 Å². The molecule has 0 aliphatic heterocycles. The topological polar surface area (TPSA) is 17.1 Å². The van der Waals surface area contributed by atoms with Crippen LogP contribution in [-0.2, 0) is 30.0 Å². The maximum atomic E-state index is 13.3. The summed E-state index contributed by atoms with van der Waals surface area (Å²) in [5.41, 5.74) is -1.55. The van der Waals surface area contributed by atoms with Gasteiger partial charge < -0.3 is 0 Å². The summed E-state index contributed by atoms with van der Waals surface area (Å²) in [6.07, 6.45) is -6.29. The molecule has 0 N–H and O–H groups in total. The van der Waals surface area contributed by atoms with Gasteiger partial charge in [0.25, 0.3) is 0 Å². The third kappa shape index (κ3) is 6.70. The fourth-order valence-electron chi connectivity index (χ4n) is 3.00. The van der Waals surface area contributed by atoms with Crippen LogP contribution in [0.4, 0.5) is 26.3 Å². The van der Waals surface area contributed by atoms with Crippen molar-refractivity contribution >= 4 is 29.3 Å². The smallest absolute Gasteiger partial charge is 0.300 e. The number of benzene rings is 2. The Morgan fingerprint density at radius 3 is 1.40 bits per heavy atom. The molecule has 0 unspecified atom stereocenters. The summed E-state index contributed by atoms with van der Waals surface area (Å²) in [7, 11) is 0. The summed E-state index contributed by atoms with van der Waals surface area (Å²) in [5.74, 6) is -0.376. The Hall–Kier alpha value is -1.61. The number of carbonyl (C=O) groups is 1.